The minimum atomic E-state index is -3.36. The Kier molecular flexibility index (Phi) is 5.25. The molecule has 4 rings (SSSR count). The third kappa shape index (κ3) is 3.71. The molecule has 2 aromatic carbocycles. The van der Waals surface area contributed by atoms with Gasteiger partial charge in [-0.1, -0.05) is 48.5 Å². The maximum absolute atomic E-state index is 13.2. The third-order valence-electron chi connectivity index (χ3n) is 5.83. The number of hydrogen-bond acceptors (Lipinski definition) is 3. The fourth-order valence-electron chi connectivity index (χ4n) is 4.36. The van der Waals surface area contributed by atoms with Gasteiger partial charge in [0, 0.05) is 30.7 Å². The van der Waals surface area contributed by atoms with E-state index in [1.54, 1.807) is 4.31 Å². The molecule has 0 aromatic heterocycles. The number of carbonyl (C=O) groups is 1. The molecular formula is C22H26N2O3S. The molecule has 148 valence electrons. The predicted molar refractivity (Wildman–Crippen MR) is 110 cm³/mol. The second-order valence-corrected chi connectivity index (χ2v) is 9.77. The van der Waals surface area contributed by atoms with E-state index >= 15 is 0 Å². The summed E-state index contributed by atoms with van der Waals surface area (Å²) in [4.78, 5) is 15.1. The number of benzene rings is 2. The van der Waals surface area contributed by atoms with Crippen LogP contribution in [0.3, 0.4) is 0 Å². The van der Waals surface area contributed by atoms with Gasteiger partial charge in [0.2, 0.25) is 15.9 Å². The van der Waals surface area contributed by atoms with Crippen LogP contribution in [-0.2, 0) is 27.0 Å². The molecule has 28 heavy (non-hydrogen) atoms. The lowest BCUT2D eigenvalue weighted by atomic mass is 9.96. The van der Waals surface area contributed by atoms with E-state index in [1.165, 1.54) is 5.56 Å². The highest BCUT2D eigenvalue weighted by Gasteiger charge is 2.37. The average molecular weight is 399 g/mol. The number of anilines is 1. The van der Waals surface area contributed by atoms with Gasteiger partial charge in [-0.15, -0.1) is 0 Å². The maximum atomic E-state index is 13.2. The van der Waals surface area contributed by atoms with Gasteiger partial charge < -0.3 is 4.90 Å². The number of hydrogen-bond donors (Lipinski definition) is 0. The normalized spacial score (nSPS) is 20.9. The number of rotatable bonds is 4. The monoisotopic (exact) mass is 398 g/mol. The molecule has 1 amide bonds. The maximum Gasteiger partial charge on any atom is 0.230 e. The summed E-state index contributed by atoms with van der Waals surface area (Å²) in [5, 5.41) is 0. The van der Waals surface area contributed by atoms with Crippen molar-refractivity contribution in [1.82, 2.24) is 4.31 Å². The number of para-hydroxylation sites is 1. The number of carbonyl (C=O) groups excluding carboxylic acids is 1. The Morgan fingerprint density at radius 1 is 1.00 bits per heavy atom. The van der Waals surface area contributed by atoms with E-state index in [0.29, 0.717) is 25.9 Å². The first kappa shape index (κ1) is 19.2. The summed E-state index contributed by atoms with van der Waals surface area (Å²) in [6.45, 7) is 2.90. The van der Waals surface area contributed by atoms with E-state index in [2.05, 4.69) is 13.0 Å². The van der Waals surface area contributed by atoms with Gasteiger partial charge in [0.15, 0.2) is 0 Å². The lowest BCUT2D eigenvalue weighted by Gasteiger charge is -2.34. The molecule has 0 bridgehead atoms. The summed E-state index contributed by atoms with van der Waals surface area (Å²) >= 11 is 0. The number of nitrogens with zero attached hydrogens (tertiary/aromatic N) is 2. The van der Waals surface area contributed by atoms with Crippen molar-refractivity contribution in [1.29, 1.82) is 0 Å². The summed E-state index contributed by atoms with van der Waals surface area (Å²) in [5.41, 5.74) is 3.02. The van der Waals surface area contributed by atoms with Gasteiger partial charge in [0.1, 0.15) is 0 Å². The number of fused-ring (bicyclic) bond motifs is 1. The van der Waals surface area contributed by atoms with Gasteiger partial charge in [-0.05, 0) is 43.4 Å². The van der Waals surface area contributed by atoms with Crippen LogP contribution >= 0.6 is 0 Å². The molecule has 2 heterocycles. The number of amides is 1. The molecule has 0 saturated carbocycles. The Bertz CT molecular complexity index is 951. The molecule has 0 radical (unpaired) electrons. The van der Waals surface area contributed by atoms with E-state index in [4.69, 9.17) is 0 Å². The second kappa shape index (κ2) is 7.68. The lowest BCUT2D eigenvalue weighted by molar-refractivity contribution is -0.123. The number of sulfonamides is 1. The van der Waals surface area contributed by atoms with Crippen molar-refractivity contribution < 1.29 is 13.2 Å². The topological polar surface area (TPSA) is 57.7 Å². The second-order valence-electron chi connectivity index (χ2n) is 7.81. The van der Waals surface area contributed by atoms with Gasteiger partial charge in [0.05, 0.1) is 5.75 Å². The van der Waals surface area contributed by atoms with Crippen LogP contribution < -0.4 is 4.90 Å². The highest BCUT2D eigenvalue weighted by molar-refractivity contribution is 7.88. The van der Waals surface area contributed by atoms with Crippen molar-refractivity contribution in [3.63, 3.8) is 0 Å². The summed E-state index contributed by atoms with van der Waals surface area (Å²) in [5.74, 6) is 0.0394. The molecule has 2 aliphatic heterocycles. The van der Waals surface area contributed by atoms with Gasteiger partial charge in [-0.2, -0.15) is 0 Å². The molecule has 1 fully saturated rings. The quantitative estimate of drug-likeness (QED) is 0.795. The van der Waals surface area contributed by atoms with Crippen molar-refractivity contribution in [3.8, 4) is 0 Å². The summed E-state index contributed by atoms with van der Waals surface area (Å²) in [6, 6.07) is 17.5. The van der Waals surface area contributed by atoms with Crippen LogP contribution in [0.2, 0.25) is 0 Å². The minimum absolute atomic E-state index is 0.0169. The Morgan fingerprint density at radius 3 is 2.36 bits per heavy atom. The standard InChI is InChI=1S/C22H26N2O3S/c1-17-15-20-9-5-6-10-21(20)24(17)22(25)19-11-13-23(14-12-19)28(26,27)16-18-7-3-2-4-8-18/h2-10,17,19H,11-16H2,1H3/t17-/m0/s1. The molecule has 1 saturated heterocycles. The summed E-state index contributed by atoms with van der Waals surface area (Å²) < 4.78 is 27.0. The zero-order valence-corrected chi connectivity index (χ0v) is 16.9. The van der Waals surface area contributed by atoms with Gasteiger partial charge in [0.25, 0.3) is 0 Å². The van der Waals surface area contributed by atoms with Crippen LogP contribution in [0.25, 0.3) is 0 Å². The third-order valence-corrected chi connectivity index (χ3v) is 7.68. The first-order valence-electron chi connectivity index (χ1n) is 9.88. The van der Waals surface area contributed by atoms with Crippen LogP contribution in [0.4, 0.5) is 5.69 Å². The van der Waals surface area contributed by atoms with Crippen molar-refractivity contribution in [2.45, 2.75) is 38.0 Å². The summed E-state index contributed by atoms with van der Waals surface area (Å²) in [7, 11) is -3.36. The van der Waals surface area contributed by atoms with E-state index in [9.17, 15) is 13.2 Å². The molecule has 0 unspecified atom stereocenters. The van der Waals surface area contributed by atoms with Crippen LogP contribution in [0.5, 0.6) is 0 Å². The highest BCUT2D eigenvalue weighted by Crippen LogP contribution is 2.34. The van der Waals surface area contributed by atoms with E-state index in [0.717, 1.165) is 17.7 Å². The Balaban J connectivity index is 1.41. The van der Waals surface area contributed by atoms with Crippen LogP contribution in [0.15, 0.2) is 54.6 Å². The van der Waals surface area contributed by atoms with E-state index in [1.807, 2.05) is 53.4 Å². The lowest BCUT2D eigenvalue weighted by Crippen LogP contribution is -2.46. The van der Waals surface area contributed by atoms with Crippen molar-refractivity contribution in [3.05, 3.63) is 65.7 Å². The molecule has 0 aliphatic carbocycles. The van der Waals surface area contributed by atoms with E-state index in [-0.39, 0.29) is 23.6 Å². The molecule has 0 N–H and O–H groups in total. The molecule has 2 aliphatic rings. The minimum Gasteiger partial charge on any atom is -0.309 e. The van der Waals surface area contributed by atoms with Crippen LogP contribution in [-0.4, -0.2) is 37.8 Å². The SMILES string of the molecule is C[C@H]1Cc2ccccc2N1C(=O)C1CCN(S(=O)(=O)Cc2ccccc2)CC1. The number of piperidine rings is 1. The Labute approximate surface area is 167 Å². The van der Waals surface area contributed by atoms with E-state index < -0.39 is 10.0 Å². The Morgan fingerprint density at radius 2 is 1.64 bits per heavy atom. The van der Waals surface area contributed by atoms with Gasteiger partial charge >= 0.3 is 0 Å². The fourth-order valence-corrected chi connectivity index (χ4v) is 5.92. The van der Waals surface area contributed by atoms with Crippen molar-refractivity contribution >= 4 is 21.6 Å². The predicted octanol–water partition coefficient (Wildman–Crippen LogP) is 3.21. The smallest absolute Gasteiger partial charge is 0.230 e. The summed E-state index contributed by atoms with van der Waals surface area (Å²) in [6.07, 6.45) is 2.04. The average Bonchev–Trinajstić information content (AvgIpc) is 3.03. The fraction of sp³-hybridized carbons (Fsp3) is 0.409. The zero-order valence-electron chi connectivity index (χ0n) is 16.1. The van der Waals surface area contributed by atoms with Crippen LogP contribution in [0, 0.1) is 5.92 Å². The molecule has 2 aromatic rings. The van der Waals surface area contributed by atoms with Gasteiger partial charge in [-0.25, -0.2) is 12.7 Å². The molecule has 0 spiro atoms. The molecule has 1 atom stereocenters. The Hall–Kier alpha value is -2.18. The van der Waals surface area contributed by atoms with Crippen LogP contribution in [0.1, 0.15) is 30.9 Å². The largest absolute Gasteiger partial charge is 0.309 e. The highest BCUT2D eigenvalue weighted by atomic mass is 32.2. The van der Waals surface area contributed by atoms with Gasteiger partial charge in [-0.3, -0.25) is 4.79 Å². The van der Waals surface area contributed by atoms with Crippen molar-refractivity contribution in [2.75, 3.05) is 18.0 Å². The molecule has 5 nitrogen and oxygen atoms in total. The molecule has 6 heteroatoms. The molecular weight excluding hydrogens is 372 g/mol. The first-order valence-corrected chi connectivity index (χ1v) is 11.5. The first-order chi connectivity index (χ1) is 13.5. The zero-order chi connectivity index (χ0) is 19.7. The van der Waals surface area contributed by atoms with Crippen molar-refractivity contribution in [2.24, 2.45) is 5.92 Å².